The second-order valence-electron chi connectivity index (χ2n) is 4.95. The number of nitrogens with zero attached hydrogens (tertiary/aromatic N) is 1. The molecule has 0 radical (unpaired) electrons. The zero-order valence-corrected chi connectivity index (χ0v) is 13.4. The molecule has 106 valence electrons. The third-order valence-electron chi connectivity index (χ3n) is 3.53. The molecule has 1 aliphatic rings. The molecule has 1 saturated heterocycles. The molecule has 1 aliphatic heterocycles. The first-order valence-electron chi connectivity index (χ1n) is 6.79. The van der Waals surface area contributed by atoms with Crippen molar-refractivity contribution < 1.29 is 8.42 Å². The number of rotatable bonds is 3. The van der Waals surface area contributed by atoms with Gasteiger partial charge >= 0.3 is 0 Å². The first-order chi connectivity index (χ1) is 9.14. The molecule has 3 nitrogen and oxygen atoms in total. The van der Waals surface area contributed by atoms with Crippen LogP contribution < -0.4 is 0 Å². The third kappa shape index (κ3) is 3.80. The lowest BCUT2D eigenvalue weighted by molar-refractivity contribution is 0.364. The molecule has 1 aromatic rings. The van der Waals surface area contributed by atoms with E-state index in [0.717, 1.165) is 36.6 Å². The summed E-state index contributed by atoms with van der Waals surface area (Å²) in [5.74, 6) is 0. The van der Waals surface area contributed by atoms with Crippen molar-refractivity contribution in [3.05, 3.63) is 29.8 Å². The number of sulfonamides is 1. The maximum atomic E-state index is 12.6. The summed E-state index contributed by atoms with van der Waals surface area (Å²) in [6.07, 6.45) is 5.44. The first-order valence-corrected chi connectivity index (χ1v) is 9.36. The van der Waals surface area contributed by atoms with Crippen molar-refractivity contribution in [3.8, 4) is 0 Å². The molecule has 0 saturated carbocycles. The highest BCUT2D eigenvalue weighted by Crippen LogP contribution is 2.20. The standard InChI is InChI=1S/C14H20BrNO2S/c15-12-13-6-8-14(9-7-13)19(17,18)16-10-4-2-1-3-5-11-16/h6-9H,1-5,10-12H2. The van der Waals surface area contributed by atoms with Gasteiger partial charge in [-0.15, -0.1) is 0 Å². The Kier molecular flexibility index (Phi) is 5.42. The van der Waals surface area contributed by atoms with Gasteiger partial charge in [-0.05, 0) is 30.5 Å². The lowest BCUT2D eigenvalue weighted by Crippen LogP contribution is -2.33. The molecule has 0 aromatic heterocycles. The van der Waals surface area contributed by atoms with Gasteiger partial charge < -0.3 is 0 Å². The van der Waals surface area contributed by atoms with E-state index in [0.29, 0.717) is 18.0 Å². The summed E-state index contributed by atoms with van der Waals surface area (Å²) in [5.41, 5.74) is 1.09. The van der Waals surface area contributed by atoms with E-state index in [2.05, 4.69) is 15.9 Å². The van der Waals surface area contributed by atoms with E-state index in [4.69, 9.17) is 0 Å². The number of benzene rings is 1. The summed E-state index contributed by atoms with van der Waals surface area (Å²) in [6.45, 7) is 1.31. The molecular formula is C14H20BrNO2S. The van der Waals surface area contributed by atoms with E-state index in [-0.39, 0.29) is 0 Å². The molecule has 0 aliphatic carbocycles. The first kappa shape index (κ1) is 15.0. The average molecular weight is 346 g/mol. The fourth-order valence-corrected chi connectivity index (χ4v) is 4.25. The minimum absolute atomic E-state index is 0.415. The van der Waals surface area contributed by atoms with E-state index in [9.17, 15) is 8.42 Å². The number of alkyl halides is 1. The van der Waals surface area contributed by atoms with Crippen LogP contribution in [-0.2, 0) is 15.4 Å². The van der Waals surface area contributed by atoms with Crippen LogP contribution in [0.5, 0.6) is 0 Å². The van der Waals surface area contributed by atoms with Gasteiger partial charge in [0.15, 0.2) is 0 Å². The van der Waals surface area contributed by atoms with E-state index in [1.807, 2.05) is 12.1 Å². The highest BCUT2D eigenvalue weighted by molar-refractivity contribution is 9.08. The monoisotopic (exact) mass is 345 g/mol. The molecule has 0 unspecified atom stereocenters. The smallest absolute Gasteiger partial charge is 0.207 e. The van der Waals surface area contributed by atoms with Crippen molar-refractivity contribution in [2.24, 2.45) is 0 Å². The van der Waals surface area contributed by atoms with Gasteiger partial charge in [-0.25, -0.2) is 8.42 Å². The molecule has 5 heteroatoms. The molecule has 1 aromatic carbocycles. The van der Waals surface area contributed by atoms with Crippen molar-refractivity contribution in [1.29, 1.82) is 0 Å². The van der Waals surface area contributed by atoms with Crippen LogP contribution in [0.1, 0.15) is 37.7 Å². The minimum Gasteiger partial charge on any atom is -0.207 e. The van der Waals surface area contributed by atoms with Gasteiger partial charge in [0.05, 0.1) is 4.90 Å². The van der Waals surface area contributed by atoms with Crippen molar-refractivity contribution in [2.75, 3.05) is 13.1 Å². The van der Waals surface area contributed by atoms with Gasteiger partial charge in [-0.2, -0.15) is 4.31 Å². The third-order valence-corrected chi connectivity index (χ3v) is 6.09. The van der Waals surface area contributed by atoms with Crippen LogP contribution in [0.2, 0.25) is 0 Å². The van der Waals surface area contributed by atoms with Crippen LogP contribution in [0.15, 0.2) is 29.2 Å². The van der Waals surface area contributed by atoms with Crippen molar-refractivity contribution in [2.45, 2.75) is 42.3 Å². The Labute approximate surface area is 124 Å². The maximum Gasteiger partial charge on any atom is 0.243 e. The zero-order chi connectivity index (χ0) is 13.7. The quantitative estimate of drug-likeness (QED) is 0.785. The largest absolute Gasteiger partial charge is 0.243 e. The van der Waals surface area contributed by atoms with E-state index in [1.165, 1.54) is 6.42 Å². The Balaban J connectivity index is 2.18. The molecule has 19 heavy (non-hydrogen) atoms. The second kappa shape index (κ2) is 6.86. The van der Waals surface area contributed by atoms with Crippen LogP contribution in [0, 0.1) is 0 Å². The van der Waals surface area contributed by atoms with Gasteiger partial charge in [-0.3, -0.25) is 0 Å². The molecule has 0 N–H and O–H groups in total. The van der Waals surface area contributed by atoms with Gasteiger partial charge in [0.2, 0.25) is 10.0 Å². The Morgan fingerprint density at radius 2 is 1.47 bits per heavy atom. The summed E-state index contributed by atoms with van der Waals surface area (Å²) >= 11 is 3.37. The summed E-state index contributed by atoms with van der Waals surface area (Å²) in [6, 6.07) is 7.16. The predicted octanol–water partition coefficient (Wildman–Crippen LogP) is 3.54. The molecule has 2 rings (SSSR count). The predicted molar refractivity (Wildman–Crippen MR) is 80.9 cm³/mol. The Bertz CT molecular complexity index is 491. The fraction of sp³-hybridized carbons (Fsp3) is 0.571. The van der Waals surface area contributed by atoms with Crippen LogP contribution in [0.4, 0.5) is 0 Å². The van der Waals surface area contributed by atoms with Crippen molar-refractivity contribution in [3.63, 3.8) is 0 Å². The zero-order valence-electron chi connectivity index (χ0n) is 11.0. The van der Waals surface area contributed by atoms with Crippen LogP contribution in [0.3, 0.4) is 0 Å². The average Bonchev–Trinajstić information content (AvgIpc) is 2.38. The Hall–Kier alpha value is -0.390. The number of halogens is 1. The summed E-state index contributed by atoms with van der Waals surface area (Å²) in [7, 11) is -3.31. The maximum absolute atomic E-state index is 12.6. The van der Waals surface area contributed by atoms with Gasteiger partial charge in [-0.1, -0.05) is 47.3 Å². The highest BCUT2D eigenvalue weighted by Gasteiger charge is 2.24. The van der Waals surface area contributed by atoms with E-state index < -0.39 is 10.0 Å². The molecular weight excluding hydrogens is 326 g/mol. The van der Waals surface area contributed by atoms with Gasteiger partial charge in [0.25, 0.3) is 0 Å². The summed E-state index contributed by atoms with van der Waals surface area (Å²) in [4.78, 5) is 0.415. The lowest BCUT2D eigenvalue weighted by atomic mass is 10.1. The molecule has 0 bridgehead atoms. The van der Waals surface area contributed by atoms with E-state index >= 15 is 0 Å². The van der Waals surface area contributed by atoms with Crippen LogP contribution in [0.25, 0.3) is 0 Å². The normalized spacial score (nSPS) is 18.8. The van der Waals surface area contributed by atoms with Crippen LogP contribution >= 0.6 is 15.9 Å². The highest BCUT2D eigenvalue weighted by atomic mass is 79.9. The van der Waals surface area contributed by atoms with Crippen molar-refractivity contribution in [1.82, 2.24) is 4.31 Å². The van der Waals surface area contributed by atoms with E-state index in [1.54, 1.807) is 16.4 Å². The molecule has 1 fully saturated rings. The molecule has 0 spiro atoms. The topological polar surface area (TPSA) is 37.4 Å². The second-order valence-corrected chi connectivity index (χ2v) is 7.45. The Morgan fingerprint density at radius 3 is 2.00 bits per heavy atom. The van der Waals surface area contributed by atoms with Crippen LogP contribution in [-0.4, -0.2) is 25.8 Å². The molecule has 0 atom stereocenters. The molecule has 0 amide bonds. The molecule has 1 heterocycles. The van der Waals surface area contributed by atoms with Crippen molar-refractivity contribution >= 4 is 26.0 Å². The van der Waals surface area contributed by atoms with Gasteiger partial charge in [0.1, 0.15) is 0 Å². The summed E-state index contributed by atoms with van der Waals surface area (Å²) in [5, 5.41) is 0.747. The van der Waals surface area contributed by atoms with Gasteiger partial charge in [0, 0.05) is 18.4 Å². The SMILES string of the molecule is O=S(=O)(c1ccc(CBr)cc1)N1CCCCCCC1. The fourth-order valence-electron chi connectivity index (χ4n) is 2.36. The number of hydrogen-bond donors (Lipinski definition) is 0. The Morgan fingerprint density at radius 1 is 0.947 bits per heavy atom. The number of hydrogen-bond acceptors (Lipinski definition) is 2. The lowest BCUT2D eigenvalue weighted by Gasteiger charge is -2.24. The minimum atomic E-state index is -3.31. The summed E-state index contributed by atoms with van der Waals surface area (Å²) < 4.78 is 26.8.